The van der Waals surface area contributed by atoms with Crippen LogP contribution in [0.15, 0.2) is 6.07 Å². The first-order chi connectivity index (χ1) is 8.06. The lowest BCUT2D eigenvalue weighted by Crippen LogP contribution is -2.45. The Morgan fingerprint density at radius 3 is 2.71 bits per heavy atom. The van der Waals surface area contributed by atoms with E-state index >= 15 is 0 Å². The molecule has 0 aliphatic heterocycles. The molecule has 1 amide bonds. The molecule has 1 aromatic heterocycles. The zero-order valence-corrected chi connectivity index (χ0v) is 10.2. The van der Waals surface area contributed by atoms with Crippen LogP contribution in [0.1, 0.15) is 41.9 Å². The standard InChI is InChI=1S/C12H16N4O/c1-9-7-10(15-16(9)2)11(17)14-12(8-13)5-3-4-6-12/h7H,3-6H2,1-2H3,(H,14,17). The first-order valence-corrected chi connectivity index (χ1v) is 5.81. The maximum Gasteiger partial charge on any atom is 0.273 e. The van der Waals surface area contributed by atoms with Crippen molar-refractivity contribution in [3.8, 4) is 6.07 Å². The third kappa shape index (κ3) is 2.16. The smallest absolute Gasteiger partial charge is 0.273 e. The van der Waals surface area contributed by atoms with Crippen molar-refractivity contribution in [3.05, 3.63) is 17.5 Å². The molecule has 1 fully saturated rings. The van der Waals surface area contributed by atoms with E-state index < -0.39 is 5.54 Å². The molecule has 0 bridgehead atoms. The summed E-state index contributed by atoms with van der Waals surface area (Å²) >= 11 is 0. The van der Waals surface area contributed by atoms with E-state index in [2.05, 4.69) is 16.5 Å². The van der Waals surface area contributed by atoms with Crippen molar-refractivity contribution in [3.63, 3.8) is 0 Å². The summed E-state index contributed by atoms with van der Waals surface area (Å²) in [6.07, 6.45) is 3.46. The molecule has 5 heteroatoms. The van der Waals surface area contributed by atoms with E-state index in [0.717, 1.165) is 31.4 Å². The van der Waals surface area contributed by atoms with Crippen LogP contribution in [0.5, 0.6) is 0 Å². The molecule has 1 aliphatic carbocycles. The van der Waals surface area contributed by atoms with Crippen LogP contribution in [0.4, 0.5) is 0 Å². The minimum atomic E-state index is -0.678. The lowest BCUT2D eigenvalue weighted by Gasteiger charge is -2.21. The number of hydrogen-bond acceptors (Lipinski definition) is 3. The maximum atomic E-state index is 12.0. The van der Waals surface area contributed by atoms with Gasteiger partial charge in [-0.15, -0.1) is 0 Å². The van der Waals surface area contributed by atoms with E-state index in [0.29, 0.717) is 5.69 Å². The SMILES string of the molecule is Cc1cc(C(=O)NC2(C#N)CCCC2)nn1C. The van der Waals surface area contributed by atoms with Gasteiger partial charge in [-0.05, 0) is 38.7 Å². The fourth-order valence-electron chi connectivity index (χ4n) is 2.20. The second kappa shape index (κ2) is 4.21. The molecule has 0 spiro atoms. The quantitative estimate of drug-likeness (QED) is 0.835. The van der Waals surface area contributed by atoms with Gasteiger partial charge in [0, 0.05) is 12.7 Å². The monoisotopic (exact) mass is 232 g/mol. The topological polar surface area (TPSA) is 70.7 Å². The highest BCUT2D eigenvalue weighted by atomic mass is 16.2. The number of amides is 1. The molecule has 1 aliphatic rings. The molecular formula is C12H16N4O. The minimum Gasteiger partial charge on any atom is -0.332 e. The summed E-state index contributed by atoms with van der Waals surface area (Å²) in [4.78, 5) is 12.0. The van der Waals surface area contributed by atoms with Crippen molar-refractivity contribution < 1.29 is 4.79 Å². The summed E-state index contributed by atoms with van der Waals surface area (Å²) in [5.41, 5.74) is 0.627. The minimum absolute atomic E-state index is 0.253. The van der Waals surface area contributed by atoms with Gasteiger partial charge >= 0.3 is 0 Å². The number of rotatable bonds is 2. The van der Waals surface area contributed by atoms with Crippen LogP contribution in [0.25, 0.3) is 0 Å². The van der Waals surface area contributed by atoms with E-state index in [1.165, 1.54) is 0 Å². The van der Waals surface area contributed by atoms with Crippen molar-refractivity contribution in [2.45, 2.75) is 38.1 Å². The van der Waals surface area contributed by atoms with Gasteiger partial charge in [0.05, 0.1) is 6.07 Å². The summed E-state index contributed by atoms with van der Waals surface area (Å²) in [7, 11) is 1.79. The van der Waals surface area contributed by atoms with Crippen molar-refractivity contribution in [1.82, 2.24) is 15.1 Å². The van der Waals surface area contributed by atoms with E-state index in [-0.39, 0.29) is 5.91 Å². The Labute approximate surface area is 100 Å². The summed E-state index contributed by atoms with van der Waals surface area (Å²) in [6.45, 7) is 1.89. The van der Waals surface area contributed by atoms with Gasteiger partial charge in [0.1, 0.15) is 11.2 Å². The highest BCUT2D eigenvalue weighted by molar-refractivity contribution is 5.93. The molecule has 0 radical (unpaired) electrons. The zero-order valence-electron chi connectivity index (χ0n) is 10.2. The molecule has 17 heavy (non-hydrogen) atoms. The van der Waals surface area contributed by atoms with Crippen LogP contribution in [0, 0.1) is 18.3 Å². The molecule has 1 heterocycles. The lowest BCUT2D eigenvalue weighted by atomic mass is 10.00. The Balaban J connectivity index is 2.14. The summed E-state index contributed by atoms with van der Waals surface area (Å²) < 4.78 is 1.66. The number of nitrogens with zero attached hydrogens (tertiary/aromatic N) is 3. The Hall–Kier alpha value is -1.83. The Morgan fingerprint density at radius 1 is 1.59 bits per heavy atom. The fraction of sp³-hybridized carbons (Fsp3) is 0.583. The number of nitriles is 1. The third-order valence-electron chi connectivity index (χ3n) is 3.37. The number of nitrogens with one attached hydrogen (secondary N) is 1. The predicted molar refractivity (Wildman–Crippen MR) is 62.2 cm³/mol. The number of aromatic nitrogens is 2. The second-order valence-corrected chi connectivity index (χ2v) is 4.65. The van der Waals surface area contributed by atoms with Crippen LogP contribution in [0.3, 0.4) is 0 Å². The van der Waals surface area contributed by atoms with Crippen LogP contribution >= 0.6 is 0 Å². The molecule has 1 aromatic rings. The predicted octanol–water partition coefficient (Wildman–Crippen LogP) is 1.29. The Morgan fingerprint density at radius 2 is 2.24 bits per heavy atom. The Kier molecular flexibility index (Phi) is 2.88. The Bertz CT molecular complexity index is 458. The molecule has 0 aromatic carbocycles. The van der Waals surface area contributed by atoms with Crippen LogP contribution < -0.4 is 5.32 Å². The van der Waals surface area contributed by atoms with E-state index in [9.17, 15) is 10.1 Å². The first kappa shape index (κ1) is 11.6. The average molecular weight is 232 g/mol. The van der Waals surface area contributed by atoms with Gasteiger partial charge in [0.15, 0.2) is 0 Å². The van der Waals surface area contributed by atoms with Gasteiger partial charge in [-0.1, -0.05) is 0 Å². The van der Waals surface area contributed by atoms with Gasteiger partial charge in [-0.3, -0.25) is 9.48 Å². The van der Waals surface area contributed by atoms with E-state index in [4.69, 9.17) is 0 Å². The number of carbonyl (C=O) groups excluding carboxylic acids is 1. The maximum absolute atomic E-state index is 12.0. The van der Waals surface area contributed by atoms with Gasteiger partial charge in [0.2, 0.25) is 0 Å². The first-order valence-electron chi connectivity index (χ1n) is 5.81. The van der Waals surface area contributed by atoms with Gasteiger partial charge in [-0.2, -0.15) is 10.4 Å². The normalized spacial score (nSPS) is 17.7. The van der Waals surface area contributed by atoms with E-state index in [1.807, 2.05) is 6.92 Å². The molecule has 0 unspecified atom stereocenters. The molecule has 5 nitrogen and oxygen atoms in total. The van der Waals surface area contributed by atoms with Gasteiger partial charge in [0.25, 0.3) is 5.91 Å². The molecule has 1 N–H and O–H groups in total. The van der Waals surface area contributed by atoms with Crippen molar-refractivity contribution in [2.24, 2.45) is 7.05 Å². The van der Waals surface area contributed by atoms with Crippen LogP contribution in [-0.2, 0) is 7.05 Å². The fourth-order valence-corrected chi connectivity index (χ4v) is 2.20. The lowest BCUT2D eigenvalue weighted by molar-refractivity contribution is 0.0915. The molecular weight excluding hydrogens is 216 g/mol. The largest absolute Gasteiger partial charge is 0.332 e. The molecule has 0 saturated heterocycles. The van der Waals surface area contributed by atoms with E-state index in [1.54, 1.807) is 17.8 Å². The van der Waals surface area contributed by atoms with Crippen LogP contribution in [0.2, 0.25) is 0 Å². The van der Waals surface area contributed by atoms with Gasteiger partial charge < -0.3 is 5.32 Å². The summed E-state index contributed by atoms with van der Waals surface area (Å²) in [6, 6.07) is 3.96. The highest BCUT2D eigenvalue weighted by Gasteiger charge is 2.36. The van der Waals surface area contributed by atoms with Crippen molar-refractivity contribution >= 4 is 5.91 Å². The zero-order chi connectivity index (χ0) is 12.5. The highest BCUT2D eigenvalue weighted by Crippen LogP contribution is 2.29. The molecule has 90 valence electrons. The van der Waals surface area contributed by atoms with Crippen LogP contribution in [-0.4, -0.2) is 21.2 Å². The number of aryl methyl sites for hydroxylation is 2. The third-order valence-corrected chi connectivity index (χ3v) is 3.37. The summed E-state index contributed by atoms with van der Waals surface area (Å²) in [5, 5.41) is 16.1. The molecule has 0 atom stereocenters. The molecule has 1 saturated carbocycles. The number of hydrogen-bond donors (Lipinski definition) is 1. The van der Waals surface area contributed by atoms with Gasteiger partial charge in [-0.25, -0.2) is 0 Å². The van der Waals surface area contributed by atoms with Crippen molar-refractivity contribution in [2.75, 3.05) is 0 Å². The number of carbonyl (C=O) groups is 1. The molecule has 2 rings (SSSR count). The summed E-state index contributed by atoms with van der Waals surface area (Å²) in [5.74, 6) is -0.253. The van der Waals surface area contributed by atoms with Crippen molar-refractivity contribution in [1.29, 1.82) is 5.26 Å². The average Bonchev–Trinajstić information content (AvgIpc) is 2.88. The second-order valence-electron chi connectivity index (χ2n) is 4.65.